The molecule has 0 radical (unpaired) electrons. The lowest BCUT2D eigenvalue weighted by Crippen LogP contribution is -2.54. The van der Waals surface area contributed by atoms with Gasteiger partial charge in [0, 0.05) is 6.42 Å². The fraction of sp³-hybridized carbons (Fsp3) is 0.393. The van der Waals surface area contributed by atoms with Crippen LogP contribution in [0.4, 0.5) is 4.79 Å². The van der Waals surface area contributed by atoms with E-state index in [1.54, 1.807) is 36.4 Å². The van der Waals surface area contributed by atoms with Crippen molar-refractivity contribution in [1.82, 2.24) is 16.0 Å². The molecule has 3 amide bonds. The third-order valence-corrected chi connectivity index (χ3v) is 5.76. The third-order valence-electron chi connectivity index (χ3n) is 5.16. The number of halogens is 2. The van der Waals surface area contributed by atoms with Crippen LogP contribution < -0.4 is 16.0 Å². The molecule has 4 N–H and O–H groups in total. The molecule has 0 spiro atoms. The molecule has 2 aromatic rings. The predicted octanol–water partition coefficient (Wildman–Crippen LogP) is 3.29. The maximum atomic E-state index is 12.8. The zero-order valence-corrected chi connectivity index (χ0v) is 23.9. The Bertz CT molecular complexity index is 1080. The van der Waals surface area contributed by atoms with Crippen molar-refractivity contribution in [2.45, 2.75) is 45.4 Å². The number of rotatable bonds is 14. The molecule has 12 heteroatoms. The Morgan fingerprint density at radius 1 is 0.825 bits per heavy atom. The number of carbonyl (C=O) groups is 5. The number of carboxylic acid groups (broad SMARTS) is 1. The van der Waals surface area contributed by atoms with Crippen molar-refractivity contribution >= 4 is 52.9 Å². The number of carboxylic acids is 1. The zero-order valence-electron chi connectivity index (χ0n) is 22.4. The summed E-state index contributed by atoms with van der Waals surface area (Å²) in [5.74, 6) is -2.37. The van der Waals surface area contributed by atoms with E-state index in [9.17, 15) is 29.1 Å². The van der Waals surface area contributed by atoms with Crippen molar-refractivity contribution in [2.24, 2.45) is 5.92 Å². The molecular weight excluding hydrogens is 561 g/mol. The summed E-state index contributed by atoms with van der Waals surface area (Å²) in [5.41, 5.74) is 1.57. The van der Waals surface area contributed by atoms with Gasteiger partial charge in [-0.15, -0.1) is 23.2 Å². The highest BCUT2D eigenvalue weighted by atomic mass is 35.5. The molecule has 0 saturated heterocycles. The largest absolute Gasteiger partial charge is 0.480 e. The van der Waals surface area contributed by atoms with Gasteiger partial charge in [-0.25, -0.2) is 9.59 Å². The maximum absolute atomic E-state index is 12.8. The van der Waals surface area contributed by atoms with E-state index in [4.69, 9.17) is 27.9 Å². The average molecular weight is 597 g/mol. The summed E-state index contributed by atoms with van der Waals surface area (Å²) < 4.78 is 5.06. The van der Waals surface area contributed by atoms with Crippen molar-refractivity contribution < 1.29 is 33.8 Å². The van der Waals surface area contributed by atoms with E-state index in [-0.39, 0.29) is 43.0 Å². The van der Waals surface area contributed by atoms with Crippen LogP contribution in [0.3, 0.4) is 0 Å². The van der Waals surface area contributed by atoms with E-state index in [1.165, 1.54) is 0 Å². The Hall–Kier alpha value is -3.63. The van der Waals surface area contributed by atoms with E-state index in [2.05, 4.69) is 16.0 Å². The molecule has 0 fully saturated rings. The SMILES string of the molecule is CC(C)CC(NC(=O)CNC(=O)OCc1ccccc1)C(=O)NC(Cc1ccccc1)C(=O)O.O=C(CCl)CCl. The number of ether oxygens (including phenoxy) is 1. The Morgan fingerprint density at radius 2 is 1.38 bits per heavy atom. The lowest BCUT2D eigenvalue weighted by atomic mass is 10.0. The molecule has 0 heterocycles. The number of carbonyl (C=O) groups excluding carboxylic acids is 4. The topological polar surface area (TPSA) is 151 Å². The lowest BCUT2D eigenvalue weighted by Gasteiger charge is -2.23. The zero-order chi connectivity index (χ0) is 29.9. The molecule has 0 saturated carbocycles. The molecule has 218 valence electrons. The number of nitrogens with one attached hydrogen (secondary N) is 3. The lowest BCUT2D eigenvalue weighted by molar-refractivity contribution is -0.142. The van der Waals surface area contributed by atoms with Crippen molar-refractivity contribution in [2.75, 3.05) is 18.3 Å². The molecule has 40 heavy (non-hydrogen) atoms. The second-order valence-corrected chi connectivity index (χ2v) is 9.59. The van der Waals surface area contributed by atoms with E-state index >= 15 is 0 Å². The third kappa shape index (κ3) is 15.1. The summed E-state index contributed by atoms with van der Waals surface area (Å²) in [6.45, 7) is 3.43. The summed E-state index contributed by atoms with van der Waals surface area (Å²) in [7, 11) is 0. The first-order chi connectivity index (χ1) is 19.0. The maximum Gasteiger partial charge on any atom is 0.407 e. The molecule has 10 nitrogen and oxygen atoms in total. The molecule has 2 rings (SSSR count). The Kier molecular flexibility index (Phi) is 16.7. The van der Waals surface area contributed by atoms with Gasteiger partial charge in [-0.2, -0.15) is 0 Å². The molecule has 0 aromatic heterocycles. The van der Waals surface area contributed by atoms with Crippen LogP contribution >= 0.6 is 23.2 Å². The molecule has 2 aromatic carbocycles. The van der Waals surface area contributed by atoms with Gasteiger partial charge in [0.15, 0.2) is 5.78 Å². The number of hydrogen-bond donors (Lipinski definition) is 4. The second kappa shape index (κ2) is 19.4. The van der Waals surface area contributed by atoms with Gasteiger partial charge in [-0.3, -0.25) is 14.4 Å². The number of alkyl carbamates (subject to hydrolysis) is 1. The highest BCUT2D eigenvalue weighted by Gasteiger charge is 2.27. The van der Waals surface area contributed by atoms with Crippen LogP contribution in [-0.4, -0.2) is 65.2 Å². The first-order valence-electron chi connectivity index (χ1n) is 12.5. The summed E-state index contributed by atoms with van der Waals surface area (Å²) in [4.78, 5) is 58.6. The van der Waals surface area contributed by atoms with E-state index < -0.39 is 36.0 Å². The molecule has 0 aliphatic rings. The number of ketones is 1. The van der Waals surface area contributed by atoms with Gasteiger partial charge in [0.1, 0.15) is 25.2 Å². The Labute approximate surface area is 243 Å². The summed E-state index contributed by atoms with van der Waals surface area (Å²) in [6.07, 6.45) is -0.357. The number of benzene rings is 2. The molecule has 0 aliphatic heterocycles. The van der Waals surface area contributed by atoms with Crippen LogP contribution in [-0.2, 0) is 36.9 Å². The second-order valence-electron chi connectivity index (χ2n) is 9.06. The summed E-state index contributed by atoms with van der Waals surface area (Å²) in [5, 5.41) is 17.0. The van der Waals surface area contributed by atoms with Gasteiger partial charge < -0.3 is 25.8 Å². The molecule has 2 atom stereocenters. The number of hydrogen-bond acceptors (Lipinski definition) is 6. The van der Waals surface area contributed by atoms with Gasteiger partial charge in [0.05, 0.1) is 11.8 Å². The first-order valence-corrected chi connectivity index (χ1v) is 13.6. The van der Waals surface area contributed by atoms with Gasteiger partial charge in [-0.05, 0) is 23.5 Å². The Balaban J connectivity index is 0.00000120. The summed E-state index contributed by atoms with van der Waals surface area (Å²) in [6, 6.07) is 15.9. The standard InChI is InChI=1S/C25H31N3O6.C3H4Cl2O/c1-17(2)13-20(23(30)28-21(24(31)32)14-18-9-5-3-6-10-18)27-22(29)15-26-25(33)34-16-19-11-7-4-8-12-19;4-1-3(6)2-5/h3-12,17,20-21H,13-16H2,1-2H3,(H,26,33)(H,27,29)(H,28,30)(H,31,32);1-2H2. The van der Waals surface area contributed by atoms with Crippen LogP contribution in [0.5, 0.6) is 0 Å². The minimum absolute atomic E-state index is 0.0312. The van der Waals surface area contributed by atoms with Crippen LogP contribution in [0, 0.1) is 5.92 Å². The number of aliphatic carboxylic acids is 1. The van der Waals surface area contributed by atoms with Crippen molar-refractivity contribution in [3.05, 3.63) is 71.8 Å². The van der Waals surface area contributed by atoms with Crippen molar-refractivity contribution in [3.8, 4) is 0 Å². The molecule has 0 bridgehead atoms. The predicted molar refractivity (Wildman–Crippen MR) is 152 cm³/mol. The first kappa shape index (κ1) is 34.4. The van der Waals surface area contributed by atoms with Crippen LogP contribution in [0.1, 0.15) is 31.4 Å². The minimum atomic E-state index is -1.17. The monoisotopic (exact) mass is 595 g/mol. The highest BCUT2D eigenvalue weighted by Crippen LogP contribution is 2.08. The fourth-order valence-electron chi connectivity index (χ4n) is 3.23. The normalized spacial score (nSPS) is 11.7. The number of alkyl halides is 2. The molecular formula is C28H35Cl2N3O7. The average Bonchev–Trinajstić information content (AvgIpc) is 2.94. The quantitative estimate of drug-likeness (QED) is 0.245. The molecule has 2 unspecified atom stereocenters. The van der Waals surface area contributed by atoms with Gasteiger partial charge >= 0.3 is 12.1 Å². The number of Topliss-reactive ketones (excluding diaryl/α,β-unsaturated/α-hetero) is 1. The van der Waals surface area contributed by atoms with E-state index in [0.29, 0.717) is 6.42 Å². The minimum Gasteiger partial charge on any atom is -0.480 e. The van der Waals surface area contributed by atoms with Crippen LogP contribution in [0.2, 0.25) is 0 Å². The van der Waals surface area contributed by atoms with Gasteiger partial charge in [0.2, 0.25) is 11.8 Å². The van der Waals surface area contributed by atoms with Crippen molar-refractivity contribution in [3.63, 3.8) is 0 Å². The summed E-state index contributed by atoms with van der Waals surface area (Å²) >= 11 is 10.0. The van der Waals surface area contributed by atoms with Crippen molar-refractivity contribution in [1.29, 1.82) is 0 Å². The van der Waals surface area contributed by atoms with Gasteiger partial charge in [0.25, 0.3) is 0 Å². The van der Waals surface area contributed by atoms with Gasteiger partial charge in [-0.1, -0.05) is 74.5 Å². The number of amides is 3. The fourth-order valence-corrected chi connectivity index (χ4v) is 3.52. The highest BCUT2D eigenvalue weighted by molar-refractivity contribution is 6.35. The van der Waals surface area contributed by atoms with Crippen LogP contribution in [0.15, 0.2) is 60.7 Å². The van der Waals surface area contributed by atoms with Crippen LogP contribution in [0.25, 0.3) is 0 Å². The smallest absolute Gasteiger partial charge is 0.407 e. The van der Waals surface area contributed by atoms with E-state index in [1.807, 2.05) is 38.1 Å². The molecule has 0 aliphatic carbocycles. The Morgan fingerprint density at radius 3 is 1.85 bits per heavy atom. The van der Waals surface area contributed by atoms with E-state index in [0.717, 1.165) is 11.1 Å².